The Hall–Kier alpha value is -2.91. The van der Waals surface area contributed by atoms with Crippen LogP contribution in [0.2, 0.25) is 0 Å². The summed E-state index contributed by atoms with van der Waals surface area (Å²) in [6.07, 6.45) is 1.60. The average Bonchev–Trinajstić information content (AvgIpc) is 3.35. The number of hydrogen-bond donors (Lipinski definition) is 2. The first-order valence-electron chi connectivity index (χ1n) is 14.1. The van der Waals surface area contributed by atoms with E-state index in [2.05, 4.69) is 41.2 Å². The fourth-order valence-electron chi connectivity index (χ4n) is 6.17. The van der Waals surface area contributed by atoms with Gasteiger partial charge in [0.15, 0.2) is 5.78 Å². The van der Waals surface area contributed by atoms with Gasteiger partial charge in [-0.15, -0.1) is 0 Å². The molecule has 2 aliphatic heterocycles. The maximum Gasteiger partial charge on any atom is 0.315 e. The topological polar surface area (TPSA) is 64.7 Å². The zero-order valence-electron chi connectivity index (χ0n) is 24.1. The molecular formula is C31H41F3N4O2. The molecule has 0 aromatic heterocycles. The highest BCUT2D eigenvalue weighted by atomic mass is 19.1. The van der Waals surface area contributed by atoms with Crippen molar-refractivity contribution < 1.29 is 22.8 Å². The Balaban J connectivity index is 1.44. The second-order valence-corrected chi connectivity index (χ2v) is 12.2. The molecule has 0 spiro atoms. The molecule has 2 fully saturated rings. The van der Waals surface area contributed by atoms with E-state index in [9.17, 15) is 22.8 Å². The van der Waals surface area contributed by atoms with Gasteiger partial charge in [0.05, 0.1) is 12.6 Å². The van der Waals surface area contributed by atoms with Gasteiger partial charge in [0.2, 0.25) is 0 Å². The molecule has 0 radical (unpaired) electrons. The van der Waals surface area contributed by atoms with E-state index in [1.165, 1.54) is 31.3 Å². The van der Waals surface area contributed by atoms with Crippen LogP contribution in [-0.2, 0) is 4.79 Å². The first kappa shape index (κ1) is 30.1. The van der Waals surface area contributed by atoms with Crippen LogP contribution in [0.1, 0.15) is 75.1 Å². The number of carbonyl (C=O) groups excluding carboxylic acids is 2. The van der Waals surface area contributed by atoms with Crippen molar-refractivity contribution in [3.05, 3.63) is 70.5 Å². The lowest BCUT2D eigenvalue weighted by Crippen LogP contribution is -2.42. The van der Waals surface area contributed by atoms with Crippen LogP contribution in [-0.4, -0.2) is 66.9 Å². The van der Waals surface area contributed by atoms with Gasteiger partial charge >= 0.3 is 6.03 Å². The number of nitrogens with one attached hydrogen (secondary N) is 2. The zero-order valence-corrected chi connectivity index (χ0v) is 24.1. The zero-order chi connectivity index (χ0) is 29.2. The average molecular weight is 559 g/mol. The molecule has 40 heavy (non-hydrogen) atoms. The molecule has 9 heteroatoms. The fourth-order valence-corrected chi connectivity index (χ4v) is 6.17. The minimum Gasteiger partial charge on any atom is -0.341 e. The van der Waals surface area contributed by atoms with E-state index in [-0.39, 0.29) is 53.5 Å². The number of halogens is 3. The molecule has 0 saturated carbocycles. The molecule has 0 aliphatic carbocycles. The maximum atomic E-state index is 14.8. The highest BCUT2D eigenvalue weighted by molar-refractivity contribution is 5.84. The molecule has 218 valence electrons. The van der Waals surface area contributed by atoms with Crippen molar-refractivity contribution in [1.82, 2.24) is 20.4 Å². The number of amides is 2. The SMILES string of the molecule is CNC(=O)NC(C)c1cc(F)ccc1C1CCN(CC(=O)[C@@H]2CN(C(C)(C)C)CC2c2ccc(F)cc2F)CC1. The lowest BCUT2D eigenvalue weighted by molar-refractivity contribution is -0.124. The number of likely N-dealkylation sites (tertiary alicyclic amines) is 2. The van der Waals surface area contributed by atoms with E-state index < -0.39 is 11.6 Å². The number of ketones is 1. The van der Waals surface area contributed by atoms with Crippen molar-refractivity contribution in [3.63, 3.8) is 0 Å². The maximum absolute atomic E-state index is 14.8. The Morgan fingerprint density at radius 3 is 2.20 bits per heavy atom. The van der Waals surface area contributed by atoms with E-state index >= 15 is 0 Å². The van der Waals surface area contributed by atoms with E-state index in [1.54, 1.807) is 6.07 Å². The van der Waals surface area contributed by atoms with Gasteiger partial charge in [0.25, 0.3) is 0 Å². The summed E-state index contributed by atoms with van der Waals surface area (Å²) in [6.45, 7) is 10.8. The Kier molecular flexibility index (Phi) is 9.25. The lowest BCUT2D eigenvalue weighted by Gasteiger charge is -2.34. The quantitative estimate of drug-likeness (QED) is 0.481. The van der Waals surface area contributed by atoms with Crippen molar-refractivity contribution in [1.29, 1.82) is 0 Å². The van der Waals surface area contributed by atoms with Crippen LogP contribution >= 0.6 is 0 Å². The van der Waals surface area contributed by atoms with Gasteiger partial charge in [-0.1, -0.05) is 12.1 Å². The Bertz CT molecular complexity index is 1220. The summed E-state index contributed by atoms with van der Waals surface area (Å²) in [5.41, 5.74) is 1.99. The van der Waals surface area contributed by atoms with Gasteiger partial charge in [-0.3, -0.25) is 14.6 Å². The third-order valence-corrected chi connectivity index (χ3v) is 8.54. The molecule has 3 atom stereocenters. The summed E-state index contributed by atoms with van der Waals surface area (Å²) in [5.74, 6) is -2.03. The predicted octanol–water partition coefficient (Wildman–Crippen LogP) is 5.36. The molecule has 2 unspecified atom stereocenters. The Morgan fingerprint density at radius 1 is 0.975 bits per heavy atom. The van der Waals surface area contributed by atoms with Gasteiger partial charge in [-0.2, -0.15) is 0 Å². The van der Waals surface area contributed by atoms with E-state index in [4.69, 9.17) is 0 Å². The number of carbonyl (C=O) groups is 2. The van der Waals surface area contributed by atoms with E-state index in [0.29, 0.717) is 31.7 Å². The van der Waals surface area contributed by atoms with Crippen LogP contribution in [0.25, 0.3) is 0 Å². The number of Topliss-reactive ketones (excluding diaryl/α,β-unsaturated/α-hetero) is 1. The van der Waals surface area contributed by atoms with Gasteiger partial charge in [-0.05, 0) is 94.4 Å². The minimum absolute atomic E-state index is 0.0739. The van der Waals surface area contributed by atoms with Gasteiger partial charge in [0, 0.05) is 43.6 Å². The number of piperidine rings is 1. The smallest absolute Gasteiger partial charge is 0.315 e. The second kappa shape index (κ2) is 12.3. The van der Waals surface area contributed by atoms with Crippen molar-refractivity contribution >= 4 is 11.8 Å². The largest absolute Gasteiger partial charge is 0.341 e. The number of urea groups is 1. The highest BCUT2D eigenvalue weighted by Crippen LogP contribution is 2.39. The first-order chi connectivity index (χ1) is 18.9. The summed E-state index contributed by atoms with van der Waals surface area (Å²) in [4.78, 5) is 29.9. The second-order valence-electron chi connectivity index (χ2n) is 12.2. The number of hydrogen-bond acceptors (Lipinski definition) is 4. The van der Waals surface area contributed by atoms with Crippen molar-refractivity contribution in [2.45, 2.75) is 64.0 Å². The molecule has 2 aromatic carbocycles. The molecule has 2 amide bonds. The summed E-state index contributed by atoms with van der Waals surface area (Å²) in [5, 5.41) is 5.37. The summed E-state index contributed by atoms with van der Waals surface area (Å²) in [6, 6.07) is 7.70. The van der Waals surface area contributed by atoms with Crippen LogP contribution in [0.3, 0.4) is 0 Å². The molecule has 2 heterocycles. The molecule has 0 bridgehead atoms. The summed E-state index contributed by atoms with van der Waals surface area (Å²) in [7, 11) is 1.54. The fraction of sp³-hybridized carbons (Fsp3) is 0.548. The van der Waals surface area contributed by atoms with Crippen LogP contribution in [0.4, 0.5) is 18.0 Å². The Labute approximate surface area is 235 Å². The van der Waals surface area contributed by atoms with Crippen molar-refractivity contribution in [2.24, 2.45) is 5.92 Å². The first-order valence-corrected chi connectivity index (χ1v) is 14.1. The minimum atomic E-state index is -0.624. The molecular weight excluding hydrogens is 517 g/mol. The lowest BCUT2D eigenvalue weighted by atomic mass is 9.83. The third-order valence-electron chi connectivity index (χ3n) is 8.54. The summed E-state index contributed by atoms with van der Waals surface area (Å²) >= 11 is 0. The van der Waals surface area contributed by atoms with E-state index in [0.717, 1.165) is 30.0 Å². The predicted molar refractivity (Wildman–Crippen MR) is 150 cm³/mol. The molecule has 2 saturated heterocycles. The third kappa shape index (κ3) is 6.86. The molecule has 2 aromatic rings. The molecule has 6 nitrogen and oxygen atoms in total. The van der Waals surface area contributed by atoms with Crippen molar-refractivity contribution in [2.75, 3.05) is 39.8 Å². The van der Waals surface area contributed by atoms with Crippen LogP contribution in [0.15, 0.2) is 36.4 Å². The number of nitrogens with zero attached hydrogens (tertiary/aromatic N) is 2. The molecule has 2 aliphatic rings. The van der Waals surface area contributed by atoms with Gasteiger partial charge in [-0.25, -0.2) is 18.0 Å². The monoisotopic (exact) mass is 558 g/mol. The van der Waals surface area contributed by atoms with Gasteiger partial charge in [0.1, 0.15) is 17.5 Å². The summed E-state index contributed by atoms with van der Waals surface area (Å²) < 4.78 is 42.5. The Morgan fingerprint density at radius 2 is 1.60 bits per heavy atom. The number of benzene rings is 2. The van der Waals surface area contributed by atoms with E-state index in [1.807, 2.05) is 6.92 Å². The standard InChI is InChI=1S/C31H41F3N4O2/c1-19(36-30(40)35-5)25-14-21(32)6-8-23(25)20-10-12-37(13-11-20)18-29(39)27-17-38(31(2,3)4)16-26(27)24-9-7-22(33)15-28(24)34/h6-9,14-15,19-20,26-27H,10-13,16-18H2,1-5H3,(H2,35,36,40)/t19?,26?,27-/m1/s1. The van der Waals surface area contributed by atoms with Crippen LogP contribution in [0, 0.1) is 23.4 Å². The van der Waals surface area contributed by atoms with Gasteiger partial charge < -0.3 is 10.6 Å². The van der Waals surface area contributed by atoms with Crippen molar-refractivity contribution in [3.8, 4) is 0 Å². The highest BCUT2D eigenvalue weighted by Gasteiger charge is 2.43. The molecule has 2 N–H and O–H groups in total. The normalized spacial score (nSPS) is 21.8. The van der Waals surface area contributed by atoms with Crippen LogP contribution in [0.5, 0.6) is 0 Å². The van der Waals surface area contributed by atoms with Crippen LogP contribution < -0.4 is 10.6 Å². The molecule has 4 rings (SSSR count). The number of rotatable bonds is 7.